The Morgan fingerprint density at radius 2 is 1.96 bits per heavy atom. The smallest absolute Gasteiger partial charge is 0.240 e. The number of benzene rings is 2. The van der Waals surface area contributed by atoms with Crippen molar-refractivity contribution in [1.29, 1.82) is 5.26 Å². The highest BCUT2D eigenvalue weighted by Gasteiger charge is 2.32. The Balaban J connectivity index is 1.62. The predicted molar refractivity (Wildman–Crippen MR) is 112 cm³/mol. The molecule has 0 saturated carbocycles. The van der Waals surface area contributed by atoms with Crippen LogP contribution in [0.1, 0.15) is 12.0 Å². The lowest BCUT2D eigenvalue weighted by Crippen LogP contribution is -2.28. The van der Waals surface area contributed by atoms with Crippen LogP contribution in [-0.4, -0.2) is 36.3 Å². The third-order valence-corrected chi connectivity index (χ3v) is 5.15. The van der Waals surface area contributed by atoms with Gasteiger partial charge in [-0.05, 0) is 36.4 Å². The SMILES string of the molecule is CN(C)c1ccc(N=C2NC(=O)C(CC(=O)Nc3ccccc3C#N)S2)cc1. The Morgan fingerprint density at radius 3 is 2.64 bits per heavy atom. The van der Waals surface area contributed by atoms with Gasteiger partial charge in [0.25, 0.3) is 0 Å². The van der Waals surface area contributed by atoms with E-state index >= 15 is 0 Å². The fourth-order valence-electron chi connectivity index (χ4n) is 2.59. The zero-order valence-corrected chi connectivity index (χ0v) is 16.3. The fourth-order valence-corrected chi connectivity index (χ4v) is 3.58. The van der Waals surface area contributed by atoms with E-state index in [4.69, 9.17) is 5.26 Å². The molecule has 0 spiro atoms. The number of amidine groups is 1. The average Bonchev–Trinajstić information content (AvgIpc) is 3.01. The highest BCUT2D eigenvalue weighted by Crippen LogP contribution is 2.26. The number of nitrogens with zero attached hydrogens (tertiary/aromatic N) is 3. The fraction of sp³-hybridized carbons (Fsp3) is 0.200. The highest BCUT2D eigenvalue weighted by molar-refractivity contribution is 8.15. The van der Waals surface area contributed by atoms with Gasteiger partial charge < -0.3 is 15.5 Å². The topological polar surface area (TPSA) is 97.6 Å². The van der Waals surface area contributed by atoms with E-state index in [1.807, 2.05) is 49.3 Å². The van der Waals surface area contributed by atoms with Gasteiger partial charge in [0.05, 0.1) is 16.9 Å². The monoisotopic (exact) mass is 393 g/mol. The van der Waals surface area contributed by atoms with Crippen LogP contribution in [-0.2, 0) is 9.59 Å². The summed E-state index contributed by atoms with van der Waals surface area (Å²) in [7, 11) is 3.91. The Labute approximate surface area is 167 Å². The van der Waals surface area contributed by atoms with Crippen LogP contribution in [0.25, 0.3) is 0 Å². The molecule has 0 aliphatic carbocycles. The van der Waals surface area contributed by atoms with Crippen molar-refractivity contribution >= 4 is 45.8 Å². The van der Waals surface area contributed by atoms with Crippen LogP contribution in [0.3, 0.4) is 0 Å². The molecule has 2 aromatic carbocycles. The van der Waals surface area contributed by atoms with E-state index in [2.05, 4.69) is 15.6 Å². The van der Waals surface area contributed by atoms with Crippen molar-refractivity contribution in [2.24, 2.45) is 4.99 Å². The second-order valence-corrected chi connectivity index (χ2v) is 7.52. The third kappa shape index (κ3) is 4.69. The lowest BCUT2D eigenvalue weighted by molar-refractivity contribution is -0.122. The molecule has 142 valence electrons. The predicted octanol–water partition coefficient (Wildman–Crippen LogP) is 2.87. The zero-order valence-electron chi connectivity index (χ0n) is 15.5. The highest BCUT2D eigenvalue weighted by atomic mass is 32.2. The standard InChI is InChI=1S/C20H19N5O2S/c1-25(2)15-9-7-14(8-10-15)22-20-24-19(27)17(28-20)11-18(26)23-16-6-4-3-5-13(16)12-21/h3-10,17H,11H2,1-2H3,(H,23,26)(H,22,24,27). The first kappa shape index (κ1) is 19.5. The van der Waals surface area contributed by atoms with Crippen molar-refractivity contribution in [2.75, 3.05) is 24.3 Å². The van der Waals surface area contributed by atoms with Gasteiger partial charge in [0.1, 0.15) is 11.3 Å². The van der Waals surface area contributed by atoms with Gasteiger partial charge in [0.15, 0.2) is 5.17 Å². The summed E-state index contributed by atoms with van der Waals surface area (Å²) >= 11 is 1.23. The van der Waals surface area contributed by atoms with E-state index < -0.39 is 5.25 Å². The number of para-hydroxylation sites is 1. The molecule has 1 aliphatic heterocycles. The molecule has 1 heterocycles. The zero-order chi connectivity index (χ0) is 20.1. The van der Waals surface area contributed by atoms with Gasteiger partial charge in [-0.1, -0.05) is 23.9 Å². The van der Waals surface area contributed by atoms with Crippen molar-refractivity contribution in [3.05, 3.63) is 54.1 Å². The second kappa shape index (κ2) is 8.59. The molecule has 8 heteroatoms. The van der Waals surface area contributed by atoms with Gasteiger partial charge in [0.2, 0.25) is 11.8 Å². The quantitative estimate of drug-likeness (QED) is 0.814. The lowest BCUT2D eigenvalue weighted by Gasteiger charge is -2.11. The first-order chi connectivity index (χ1) is 13.5. The number of nitrogens with one attached hydrogen (secondary N) is 2. The maximum absolute atomic E-state index is 12.3. The Kier molecular flexibility index (Phi) is 5.96. The summed E-state index contributed by atoms with van der Waals surface area (Å²) < 4.78 is 0. The number of carbonyl (C=O) groups is 2. The Bertz CT molecular complexity index is 963. The second-order valence-electron chi connectivity index (χ2n) is 6.33. The van der Waals surface area contributed by atoms with Gasteiger partial charge in [-0.3, -0.25) is 9.59 Å². The first-order valence-corrected chi connectivity index (χ1v) is 9.47. The Morgan fingerprint density at radius 1 is 1.25 bits per heavy atom. The number of hydrogen-bond acceptors (Lipinski definition) is 6. The van der Waals surface area contributed by atoms with Crippen molar-refractivity contribution < 1.29 is 9.59 Å². The minimum atomic E-state index is -0.561. The molecule has 1 unspecified atom stereocenters. The Hall–Kier alpha value is -3.31. The molecule has 2 N–H and O–H groups in total. The number of rotatable bonds is 5. The molecule has 3 rings (SSSR count). The minimum absolute atomic E-state index is 0.00511. The van der Waals surface area contributed by atoms with Gasteiger partial charge in [-0.15, -0.1) is 0 Å². The van der Waals surface area contributed by atoms with Crippen molar-refractivity contribution in [1.82, 2.24) is 5.32 Å². The molecule has 1 saturated heterocycles. The van der Waals surface area contributed by atoms with Crippen LogP contribution in [0.5, 0.6) is 0 Å². The largest absolute Gasteiger partial charge is 0.378 e. The molecule has 2 aromatic rings. The lowest BCUT2D eigenvalue weighted by atomic mass is 10.2. The van der Waals surface area contributed by atoms with E-state index in [0.717, 1.165) is 11.4 Å². The van der Waals surface area contributed by atoms with Crippen LogP contribution < -0.4 is 15.5 Å². The summed E-state index contributed by atoms with van der Waals surface area (Å²) in [6.07, 6.45) is -0.00511. The summed E-state index contributed by atoms with van der Waals surface area (Å²) in [4.78, 5) is 30.9. The molecular formula is C20H19N5O2S. The van der Waals surface area contributed by atoms with E-state index in [1.165, 1.54) is 11.8 Å². The van der Waals surface area contributed by atoms with Crippen LogP contribution in [0.2, 0.25) is 0 Å². The maximum Gasteiger partial charge on any atom is 0.240 e. The van der Waals surface area contributed by atoms with Crippen LogP contribution in [0.4, 0.5) is 17.1 Å². The molecule has 28 heavy (non-hydrogen) atoms. The number of nitriles is 1. The molecule has 2 amide bonds. The number of hydrogen-bond donors (Lipinski definition) is 2. The van der Waals surface area contributed by atoms with Gasteiger partial charge in [-0.25, -0.2) is 4.99 Å². The summed E-state index contributed by atoms with van der Waals surface area (Å²) in [5.41, 5.74) is 2.59. The normalized spacial score (nSPS) is 17.1. The van der Waals surface area contributed by atoms with E-state index in [9.17, 15) is 9.59 Å². The van der Waals surface area contributed by atoms with E-state index in [-0.39, 0.29) is 18.2 Å². The van der Waals surface area contributed by atoms with E-state index in [0.29, 0.717) is 16.4 Å². The van der Waals surface area contributed by atoms with Crippen molar-refractivity contribution in [3.8, 4) is 6.07 Å². The summed E-state index contributed by atoms with van der Waals surface area (Å²) in [5, 5.41) is 14.4. The van der Waals surface area contributed by atoms with Gasteiger partial charge in [-0.2, -0.15) is 5.26 Å². The van der Waals surface area contributed by atoms with Crippen LogP contribution in [0, 0.1) is 11.3 Å². The number of amides is 2. The molecule has 1 fully saturated rings. The summed E-state index contributed by atoms with van der Waals surface area (Å²) in [5.74, 6) is -0.579. The third-order valence-electron chi connectivity index (χ3n) is 4.07. The number of aliphatic imine (C=N–C) groups is 1. The molecule has 7 nitrogen and oxygen atoms in total. The van der Waals surface area contributed by atoms with Crippen LogP contribution in [0.15, 0.2) is 53.5 Å². The number of thioether (sulfide) groups is 1. The summed E-state index contributed by atoms with van der Waals surface area (Å²) in [6.45, 7) is 0. The number of anilines is 2. The molecule has 1 atom stereocenters. The maximum atomic E-state index is 12.3. The molecule has 0 radical (unpaired) electrons. The molecule has 1 aliphatic rings. The minimum Gasteiger partial charge on any atom is -0.378 e. The first-order valence-electron chi connectivity index (χ1n) is 8.59. The van der Waals surface area contributed by atoms with Crippen LogP contribution >= 0.6 is 11.8 Å². The van der Waals surface area contributed by atoms with Gasteiger partial charge in [0, 0.05) is 26.2 Å². The van der Waals surface area contributed by atoms with Gasteiger partial charge >= 0.3 is 0 Å². The van der Waals surface area contributed by atoms with Crippen molar-refractivity contribution in [3.63, 3.8) is 0 Å². The number of carbonyl (C=O) groups excluding carboxylic acids is 2. The molecule has 0 aromatic heterocycles. The van der Waals surface area contributed by atoms with Crippen molar-refractivity contribution in [2.45, 2.75) is 11.7 Å². The molecular weight excluding hydrogens is 374 g/mol. The molecule has 0 bridgehead atoms. The average molecular weight is 393 g/mol. The van der Waals surface area contributed by atoms with E-state index in [1.54, 1.807) is 24.3 Å². The summed E-state index contributed by atoms with van der Waals surface area (Å²) in [6, 6.07) is 16.4.